The zero-order valence-corrected chi connectivity index (χ0v) is 7.20. The molecule has 0 aliphatic rings. The summed E-state index contributed by atoms with van der Waals surface area (Å²) in [6.07, 6.45) is 0. The third-order valence-corrected chi connectivity index (χ3v) is 2.07. The monoisotopic (exact) mass is 248 g/mol. The van der Waals surface area contributed by atoms with Crippen molar-refractivity contribution in [3.63, 3.8) is 0 Å². The summed E-state index contributed by atoms with van der Waals surface area (Å²) >= 11 is 2.05. The van der Waals surface area contributed by atoms with Crippen LogP contribution in [0.15, 0.2) is 23.4 Å². The summed E-state index contributed by atoms with van der Waals surface area (Å²) in [4.78, 5) is 10.0. The van der Waals surface area contributed by atoms with Gasteiger partial charge in [0.05, 0.1) is 5.69 Å². The van der Waals surface area contributed by atoms with Crippen LogP contribution in [-0.4, -0.2) is 0 Å². The molecule has 10 heavy (non-hydrogen) atoms. The number of anilines is 1. The van der Waals surface area contributed by atoms with Gasteiger partial charge in [-0.05, 0) is 39.9 Å². The molecule has 0 amide bonds. The third-order valence-electron chi connectivity index (χ3n) is 1.13. The van der Waals surface area contributed by atoms with E-state index in [1.54, 1.807) is 12.1 Å². The summed E-state index contributed by atoms with van der Waals surface area (Å²) in [5.41, 5.74) is 6.26. The second kappa shape index (κ2) is 2.96. The molecule has 0 atom stereocenters. The van der Waals surface area contributed by atoms with E-state index in [1.165, 1.54) is 0 Å². The lowest BCUT2D eigenvalue weighted by Crippen LogP contribution is -1.87. The maximum atomic E-state index is 10.0. The van der Waals surface area contributed by atoms with E-state index < -0.39 is 0 Å². The molecule has 3 nitrogen and oxygen atoms in total. The van der Waals surface area contributed by atoms with Gasteiger partial charge in [0.15, 0.2) is 0 Å². The molecule has 0 aromatic heterocycles. The number of nitrogens with two attached hydrogens (primary N) is 1. The smallest absolute Gasteiger partial charge is 0.131 e. The Kier molecular flexibility index (Phi) is 2.21. The summed E-state index contributed by atoms with van der Waals surface area (Å²) in [5.74, 6) is 0. The number of hydrogen-bond acceptors (Lipinski definition) is 3. The van der Waals surface area contributed by atoms with Crippen LogP contribution in [0, 0.1) is 8.48 Å². The fraction of sp³-hybridized carbons (Fsp3) is 0. The number of rotatable bonds is 1. The highest BCUT2D eigenvalue weighted by molar-refractivity contribution is 14.1. The molecule has 2 N–H and O–H groups in total. The lowest BCUT2D eigenvalue weighted by Gasteiger charge is -1.97. The van der Waals surface area contributed by atoms with Gasteiger partial charge in [0.1, 0.15) is 5.69 Å². The zero-order valence-electron chi connectivity index (χ0n) is 5.04. The summed E-state index contributed by atoms with van der Waals surface area (Å²) < 4.78 is 0.856. The van der Waals surface area contributed by atoms with Gasteiger partial charge in [0, 0.05) is 3.57 Å². The van der Waals surface area contributed by atoms with Crippen molar-refractivity contribution >= 4 is 34.0 Å². The quantitative estimate of drug-likeness (QED) is 0.470. The summed E-state index contributed by atoms with van der Waals surface area (Å²) in [5, 5.41) is 2.75. The van der Waals surface area contributed by atoms with Crippen molar-refractivity contribution in [1.82, 2.24) is 0 Å². The molecule has 0 fully saturated rings. The first-order chi connectivity index (χ1) is 4.75. The maximum absolute atomic E-state index is 10.0. The highest BCUT2D eigenvalue weighted by Gasteiger charge is 2.00. The van der Waals surface area contributed by atoms with Crippen molar-refractivity contribution in [2.24, 2.45) is 5.18 Å². The Bertz CT molecular complexity index is 262. The van der Waals surface area contributed by atoms with E-state index in [2.05, 4.69) is 5.18 Å². The predicted molar refractivity (Wildman–Crippen MR) is 49.0 cm³/mol. The van der Waals surface area contributed by atoms with Crippen LogP contribution < -0.4 is 5.73 Å². The Morgan fingerprint density at radius 1 is 1.50 bits per heavy atom. The molecular weight excluding hydrogens is 243 g/mol. The Hall–Kier alpha value is -0.650. The minimum absolute atomic E-state index is 0.312. The highest BCUT2D eigenvalue weighted by atomic mass is 127. The van der Waals surface area contributed by atoms with Crippen LogP contribution in [-0.2, 0) is 0 Å². The third kappa shape index (κ3) is 1.26. The van der Waals surface area contributed by atoms with Gasteiger partial charge >= 0.3 is 0 Å². The SMILES string of the molecule is Nc1c(I)cccc1N=O. The second-order valence-corrected chi connectivity index (χ2v) is 2.93. The summed E-state index contributed by atoms with van der Waals surface area (Å²) in [7, 11) is 0. The molecule has 0 unspecified atom stereocenters. The fourth-order valence-electron chi connectivity index (χ4n) is 0.605. The number of nitrogens with zero attached hydrogens (tertiary/aromatic N) is 1. The summed E-state index contributed by atoms with van der Waals surface area (Å²) in [6.45, 7) is 0. The number of nitroso groups, excluding NO2 is 1. The molecule has 0 heterocycles. The molecule has 1 rings (SSSR count). The van der Waals surface area contributed by atoms with Crippen molar-refractivity contribution in [3.05, 3.63) is 26.7 Å². The van der Waals surface area contributed by atoms with Crippen LogP contribution in [0.3, 0.4) is 0 Å². The standard InChI is InChI=1S/C6H5IN2O/c7-4-2-1-3-5(9-10)6(4)8/h1-3H,8H2. The Balaban J connectivity index is 3.27. The van der Waals surface area contributed by atoms with E-state index in [1.807, 2.05) is 28.7 Å². The number of hydrogen-bond donors (Lipinski definition) is 1. The molecule has 0 bridgehead atoms. The molecular formula is C6H5IN2O. The number of nitrogen functional groups attached to an aromatic ring is 1. The molecule has 0 aliphatic heterocycles. The minimum atomic E-state index is 0.312. The van der Waals surface area contributed by atoms with E-state index in [0.717, 1.165) is 3.57 Å². The second-order valence-electron chi connectivity index (χ2n) is 1.76. The number of para-hydroxylation sites is 1. The molecule has 1 aromatic rings. The zero-order chi connectivity index (χ0) is 7.56. The number of benzene rings is 1. The van der Waals surface area contributed by atoms with Crippen LogP contribution in [0.5, 0.6) is 0 Å². The van der Waals surface area contributed by atoms with E-state index in [4.69, 9.17) is 5.73 Å². The molecule has 4 heteroatoms. The normalized spacial score (nSPS) is 9.30. The highest BCUT2D eigenvalue weighted by Crippen LogP contribution is 2.25. The first-order valence-corrected chi connectivity index (χ1v) is 3.71. The van der Waals surface area contributed by atoms with Gasteiger partial charge < -0.3 is 5.73 Å². The van der Waals surface area contributed by atoms with Crippen molar-refractivity contribution < 1.29 is 0 Å². The molecule has 0 spiro atoms. The van der Waals surface area contributed by atoms with Crippen molar-refractivity contribution in [3.8, 4) is 0 Å². The van der Waals surface area contributed by atoms with Gasteiger partial charge in [-0.1, -0.05) is 6.07 Å². The topological polar surface area (TPSA) is 55.4 Å². The van der Waals surface area contributed by atoms with Gasteiger partial charge in [0.2, 0.25) is 0 Å². The average Bonchev–Trinajstić information content (AvgIpc) is 1.95. The van der Waals surface area contributed by atoms with E-state index in [0.29, 0.717) is 11.4 Å². The minimum Gasteiger partial charge on any atom is -0.396 e. The van der Waals surface area contributed by atoms with Gasteiger partial charge in [-0.2, -0.15) is 0 Å². The fourth-order valence-corrected chi connectivity index (χ4v) is 1.09. The molecule has 1 aromatic carbocycles. The summed E-state index contributed by atoms with van der Waals surface area (Å²) in [6, 6.07) is 5.16. The molecule has 0 radical (unpaired) electrons. The first kappa shape index (κ1) is 7.46. The van der Waals surface area contributed by atoms with Gasteiger partial charge in [-0.25, -0.2) is 0 Å². The molecule has 52 valence electrons. The van der Waals surface area contributed by atoms with Crippen molar-refractivity contribution in [1.29, 1.82) is 0 Å². The Morgan fingerprint density at radius 2 is 2.20 bits per heavy atom. The molecule has 0 aliphatic carbocycles. The molecule has 0 saturated carbocycles. The predicted octanol–water partition coefficient (Wildman–Crippen LogP) is 2.27. The van der Waals surface area contributed by atoms with Crippen LogP contribution in [0.1, 0.15) is 0 Å². The first-order valence-electron chi connectivity index (χ1n) is 2.63. The van der Waals surface area contributed by atoms with Crippen LogP contribution >= 0.6 is 22.6 Å². The lowest BCUT2D eigenvalue weighted by atomic mass is 10.3. The average molecular weight is 248 g/mol. The lowest BCUT2D eigenvalue weighted by molar-refractivity contribution is 1.48. The van der Waals surface area contributed by atoms with Crippen LogP contribution in [0.4, 0.5) is 11.4 Å². The van der Waals surface area contributed by atoms with E-state index >= 15 is 0 Å². The van der Waals surface area contributed by atoms with Crippen molar-refractivity contribution in [2.75, 3.05) is 5.73 Å². The number of halogens is 1. The van der Waals surface area contributed by atoms with E-state index in [9.17, 15) is 4.91 Å². The van der Waals surface area contributed by atoms with Crippen LogP contribution in [0.2, 0.25) is 0 Å². The van der Waals surface area contributed by atoms with Gasteiger partial charge in [0.25, 0.3) is 0 Å². The molecule has 0 saturated heterocycles. The maximum Gasteiger partial charge on any atom is 0.131 e. The van der Waals surface area contributed by atoms with Gasteiger partial charge in [-0.3, -0.25) is 0 Å². The van der Waals surface area contributed by atoms with Crippen molar-refractivity contribution in [2.45, 2.75) is 0 Å². The van der Waals surface area contributed by atoms with Gasteiger partial charge in [-0.15, -0.1) is 4.91 Å². The Morgan fingerprint density at radius 3 is 2.70 bits per heavy atom. The Labute approximate surface area is 71.7 Å². The van der Waals surface area contributed by atoms with Crippen LogP contribution in [0.25, 0.3) is 0 Å². The van der Waals surface area contributed by atoms with E-state index in [-0.39, 0.29) is 0 Å². The largest absolute Gasteiger partial charge is 0.396 e.